The number of ketones is 1. The fourth-order valence-corrected chi connectivity index (χ4v) is 2.82. The molecule has 0 radical (unpaired) electrons. The predicted octanol–water partition coefficient (Wildman–Crippen LogP) is 2.48. The first kappa shape index (κ1) is 12.1. The van der Waals surface area contributed by atoms with Crippen LogP contribution in [0.3, 0.4) is 0 Å². The highest BCUT2D eigenvalue weighted by atomic mass is 79.9. The molecule has 6 heteroatoms. The molecule has 1 amide bonds. The standard InChI is InChI=1S/C13H9BrN2O3/c1-7-2-9(14)3-10-11(7)16(13(18)12(10)17)5-8-4-15-19-6-8/h2-4,6H,5H2,1H3. The van der Waals surface area contributed by atoms with Crippen molar-refractivity contribution < 1.29 is 14.1 Å². The van der Waals surface area contributed by atoms with Crippen LogP contribution in [-0.2, 0) is 11.3 Å². The predicted molar refractivity (Wildman–Crippen MR) is 70.9 cm³/mol. The van der Waals surface area contributed by atoms with Gasteiger partial charge in [-0.1, -0.05) is 21.1 Å². The minimum Gasteiger partial charge on any atom is -0.364 e. The number of hydrogen-bond donors (Lipinski definition) is 0. The summed E-state index contributed by atoms with van der Waals surface area (Å²) in [4.78, 5) is 25.5. The number of rotatable bonds is 2. The van der Waals surface area contributed by atoms with Gasteiger partial charge in [-0.3, -0.25) is 14.5 Å². The molecule has 5 nitrogen and oxygen atoms in total. The fraction of sp³-hybridized carbons (Fsp3) is 0.154. The molecule has 0 fully saturated rings. The first-order chi connectivity index (χ1) is 9.08. The third kappa shape index (κ3) is 1.88. The van der Waals surface area contributed by atoms with Gasteiger partial charge in [0.2, 0.25) is 0 Å². The summed E-state index contributed by atoms with van der Waals surface area (Å²) in [6.45, 7) is 2.15. The summed E-state index contributed by atoms with van der Waals surface area (Å²) in [5, 5.41) is 3.60. The molecule has 1 aromatic heterocycles. The third-order valence-corrected chi connectivity index (χ3v) is 3.50. The lowest BCUT2D eigenvalue weighted by Gasteiger charge is -2.17. The zero-order valence-corrected chi connectivity index (χ0v) is 11.6. The molecule has 0 bridgehead atoms. The maximum atomic E-state index is 12.1. The van der Waals surface area contributed by atoms with Crippen molar-refractivity contribution in [3.63, 3.8) is 0 Å². The van der Waals surface area contributed by atoms with Gasteiger partial charge in [-0.05, 0) is 24.6 Å². The number of amides is 1. The second-order valence-electron chi connectivity index (χ2n) is 4.37. The highest BCUT2D eigenvalue weighted by Crippen LogP contribution is 2.35. The van der Waals surface area contributed by atoms with Crippen molar-refractivity contribution in [1.29, 1.82) is 0 Å². The van der Waals surface area contributed by atoms with Gasteiger partial charge < -0.3 is 4.52 Å². The second-order valence-corrected chi connectivity index (χ2v) is 5.29. The Hall–Kier alpha value is -1.95. The van der Waals surface area contributed by atoms with Crippen molar-refractivity contribution in [1.82, 2.24) is 5.16 Å². The van der Waals surface area contributed by atoms with Crippen LogP contribution in [0.15, 0.2) is 33.6 Å². The summed E-state index contributed by atoms with van der Waals surface area (Å²) in [5.74, 6) is -0.992. The van der Waals surface area contributed by atoms with E-state index in [2.05, 4.69) is 21.1 Å². The summed E-state index contributed by atoms with van der Waals surface area (Å²) >= 11 is 3.34. The average molecular weight is 321 g/mol. The number of carbonyl (C=O) groups excluding carboxylic acids is 2. The first-order valence-corrected chi connectivity index (χ1v) is 6.42. The van der Waals surface area contributed by atoms with Gasteiger partial charge in [0.25, 0.3) is 11.7 Å². The number of carbonyl (C=O) groups is 2. The molecule has 0 spiro atoms. The van der Waals surface area contributed by atoms with Gasteiger partial charge in [-0.25, -0.2) is 0 Å². The van der Waals surface area contributed by atoms with E-state index < -0.39 is 11.7 Å². The molecular weight excluding hydrogens is 312 g/mol. The lowest BCUT2D eigenvalue weighted by Crippen LogP contribution is -2.29. The molecule has 1 aromatic carbocycles. The quantitative estimate of drug-likeness (QED) is 0.797. The zero-order valence-electron chi connectivity index (χ0n) is 10.0. The summed E-state index contributed by atoms with van der Waals surface area (Å²) < 4.78 is 5.53. The number of nitrogens with zero attached hydrogens (tertiary/aromatic N) is 2. The minimum absolute atomic E-state index is 0.281. The van der Waals surface area contributed by atoms with Crippen LogP contribution in [0.1, 0.15) is 21.5 Å². The Bertz CT molecular complexity index is 679. The molecule has 0 unspecified atom stereocenters. The minimum atomic E-state index is -0.516. The highest BCUT2D eigenvalue weighted by molar-refractivity contribution is 9.10. The molecule has 0 aliphatic carbocycles. The summed E-state index contributed by atoms with van der Waals surface area (Å²) in [6.07, 6.45) is 2.99. The van der Waals surface area contributed by atoms with Crippen molar-refractivity contribution in [2.45, 2.75) is 13.5 Å². The van der Waals surface area contributed by atoms with Gasteiger partial charge in [-0.15, -0.1) is 0 Å². The topological polar surface area (TPSA) is 63.4 Å². The van der Waals surface area contributed by atoms with E-state index in [0.717, 1.165) is 15.6 Å². The van der Waals surface area contributed by atoms with E-state index in [-0.39, 0.29) is 6.54 Å². The van der Waals surface area contributed by atoms with Crippen LogP contribution in [0.2, 0.25) is 0 Å². The van der Waals surface area contributed by atoms with Crippen LogP contribution in [0.5, 0.6) is 0 Å². The summed E-state index contributed by atoms with van der Waals surface area (Å²) in [7, 11) is 0. The Morgan fingerprint density at radius 3 is 2.84 bits per heavy atom. The molecule has 19 heavy (non-hydrogen) atoms. The number of halogens is 1. The molecule has 0 atom stereocenters. The smallest absolute Gasteiger partial charge is 0.299 e. The molecule has 3 rings (SSSR count). The number of Topliss-reactive ketones (excluding diaryl/α,β-unsaturated/α-hetero) is 1. The number of hydrogen-bond acceptors (Lipinski definition) is 4. The molecule has 0 saturated heterocycles. The normalized spacial score (nSPS) is 14.1. The summed E-state index contributed by atoms with van der Waals surface area (Å²) in [5.41, 5.74) is 2.73. The van der Waals surface area contributed by atoms with Gasteiger partial charge in [-0.2, -0.15) is 0 Å². The van der Waals surface area contributed by atoms with E-state index in [0.29, 0.717) is 11.3 Å². The molecule has 0 saturated carbocycles. The van der Waals surface area contributed by atoms with Crippen molar-refractivity contribution in [2.24, 2.45) is 0 Å². The van der Waals surface area contributed by atoms with Gasteiger partial charge in [0.15, 0.2) is 0 Å². The van der Waals surface area contributed by atoms with Gasteiger partial charge in [0, 0.05) is 10.0 Å². The van der Waals surface area contributed by atoms with Crippen LogP contribution < -0.4 is 4.90 Å². The van der Waals surface area contributed by atoms with Crippen molar-refractivity contribution in [2.75, 3.05) is 4.90 Å². The molecule has 96 valence electrons. The van der Waals surface area contributed by atoms with Crippen LogP contribution in [0.25, 0.3) is 0 Å². The maximum absolute atomic E-state index is 12.1. The van der Waals surface area contributed by atoms with E-state index in [1.165, 1.54) is 17.4 Å². The van der Waals surface area contributed by atoms with Gasteiger partial charge in [0.05, 0.1) is 24.0 Å². The average Bonchev–Trinajstić information content (AvgIpc) is 2.93. The highest BCUT2D eigenvalue weighted by Gasteiger charge is 2.37. The van der Waals surface area contributed by atoms with E-state index in [1.54, 1.807) is 6.07 Å². The zero-order chi connectivity index (χ0) is 13.6. The third-order valence-electron chi connectivity index (χ3n) is 3.04. The van der Waals surface area contributed by atoms with Crippen LogP contribution in [-0.4, -0.2) is 16.8 Å². The Kier molecular flexibility index (Phi) is 2.74. The lowest BCUT2D eigenvalue weighted by molar-refractivity contribution is -0.114. The molecular formula is C13H9BrN2O3. The number of anilines is 1. The van der Waals surface area contributed by atoms with E-state index in [4.69, 9.17) is 4.52 Å². The van der Waals surface area contributed by atoms with E-state index in [1.807, 2.05) is 13.0 Å². The molecule has 2 heterocycles. The van der Waals surface area contributed by atoms with Crippen LogP contribution in [0.4, 0.5) is 5.69 Å². The summed E-state index contributed by atoms with van der Waals surface area (Å²) in [6, 6.07) is 3.56. The molecule has 1 aliphatic rings. The second kappa shape index (κ2) is 4.31. The number of fused-ring (bicyclic) bond motifs is 1. The fourth-order valence-electron chi connectivity index (χ4n) is 2.24. The van der Waals surface area contributed by atoms with Crippen molar-refractivity contribution in [3.8, 4) is 0 Å². The maximum Gasteiger partial charge on any atom is 0.299 e. The number of aryl methyl sites for hydroxylation is 1. The monoisotopic (exact) mass is 320 g/mol. The lowest BCUT2D eigenvalue weighted by atomic mass is 10.1. The van der Waals surface area contributed by atoms with Gasteiger partial charge in [0.1, 0.15) is 6.26 Å². The van der Waals surface area contributed by atoms with Gasteiger partial charge >= 0.3 is 0 Å². The molecule has 2 aromatic rings. The SMILES string of the molecule is Cc1cc(Br)cc2c1N(Cc1cnoc1)C(=O)C2=O. The van der Waals surface area contributed by atoms with E-state index >= 15 is 0 Å². The van der Waals surface area contributed by atoms with Crippen LogP contribution >= 0.6 is 15.9 Å². The molecule has 0 N–H and O–H groups in total. The van der Waals surface area contributed by atoms with Crippen molar-refractivity contribution >= 4 is 33.3 Å². The molecule has 1 aliphatic heterocycles. The van der Waals surface area contributed by atoms with Crippen LogP contribution in [0, 0.1) is 6.92 Å². The Balaban J connectivity index is 2.09. The Labute approximate surface area is 117 Å². The Morgan fingerprint density at radius 1 is 1.37 bits per heavy atom. The number of benzene rings is 1. The number of aromatic nitrogens is 1. The Morgan fingerprint density at radius 2 is 2.16 bits per heavy atom. The van der Waals surface area contributed by atoms with Crippen molar-refractivity contribution in [3.05, 3.63) is 45.8 Å². The van der Waals surface area contributed by atoms with E-state index in [9.17, 15) is 9.59 Å². The largest absolute Gasteiger partial charge is 0.364 e. The first-order valence-electron chi connectivity index (χ1n) is 5.62.